The van der Waals surface area contributed by atoms with E-state index in [1.807, 2.05) is 12.3 Å². The summed E-state index contributed by atoms with van der Waals surface area (Å²) in [5, 5.41) is 1.33. The van der Waals surface area contributed by atoms with Crippen LogP contribution in [0.2, 0.25) is 5.15 Å². The summed E-state index contributed by atoms with van der Waals surface area (Å²) in [4.78, 5) is 11.2. The van der Waals surface area contributed by atoms with E-state index in [1.165, 1.54) is 25.7 Å². The summed E-state index contributed by atoms with van der Waals surface area (Å²) in [6.45, 7) is 1.14. The highest BCUT2D eigenvalue weighted by Gasteiger charge is 2.34. The Bertz CT molecular complexity index is 418. The lowest BCUT2D eigenvalue weighted by Crippen LogP contribution is -2.29. The lowest BCUT2D eigenvalue weighted by atomic mass is 10.3. The number of hydrogen-bond acceptors (Lipinski definition) is 4. The van der Waals surface area contributed by atoms with Gasteiger partial charge in [0.1, 0.15) is 11.0 Å². The van der Waals surface area contributed by atoms with Gasteiger partial charge < -0.3 is 4.90 Å². The maximum atomic E-state index is 6.06. The van der Waals surface area contributed by atoms with Crippen LogP contribution in [-0.2, 0) is 0 Å². The summed E-state index contributed by atoms with van der Waals surface area (Å²) < 4.78 is 0. The van der Waals surface area contributed by atoms with Crippen molar-refractivity contribution in [1.29, 1.82) is 0 Å². The van der Waals surface area contributed by atoms with Crippen LogP contribution in [0.3, 0.4) is 0 Å². The van der Waals surface area contributed by atoms with Crippen molar-refractivity contribution in [3.63, 3.8) is 0 Å². The van der Waals surface area contributed by atoms with Gasteiger partial charge in [0, 0.05) is 18.7 Å². The van der Waals surface area contributed by atoms with Crippen molar-refractivity contribution in [2.24, 2.45) is 5.92 Å². The largest absolute Gasteiger partial charge is 0.353 e. The molecule has 0 radical (unpaired) electrons. The molecule has 3 rings (SSSR count). The first kappa shape index (κ1) is 11.6. The Balaban J connectivity index is 1.85. The van der Waals surface area contributed by atoms with Crippen molar-refractivity contribution in [3.8, 4) is 0 Å². The second kappa shape index (κ2) is 4.65. The van der Waals surface area contributed by atoms with Gasteiger partial charge >= 0.3 is 0 Å². The fourth-order valence-electron chi connectivity index (χ4n) is 2.02. The summed E-state index contributed by atoms with van der Waals surface area (Å²) in [6.07, 6.45) is 7.32. The van der Waals surface area contributed by atoms with Gasteiger partial charge in [0.15, 0.2) is 5.16 Å². The fraction of sp³-hybridized carbons (Fsp3) is 0.667. The van der Waals surface area contributed by atoms with Gasteiger partial charge in [-0.3, -0.25) is 0 Å². The standard InChI is InChI=1S/C12H16ClN3S/c1-17-12-14-10(13)6-11(15-12)16(9-4-5-9)7-8-2-3-8/h6,8-9H,2-5,7H2,1H3. The zero-order valence-corrected chi connectivity index (χ0v) is 11.5. The second-order valence-electron chi connectivity index (χ2n) is 4.86. The number of anilines is 1. The van der Waals surface area contributed by atoms with E-state index in [4.69, 9.17) is 11.6 Å². The van der Waals surface area contributed by atoms with Crippen molar-refractivity contribution in [1.82, 2.24) is 9.97 Å². The van der Waals surface area contributed by atoms with Crippen molar-refractivity contribution in [2.75, 3.05) is 17.7 Å². The normalized spacial score (nSPS) is 19.4. The Kier molecular flexibility index (Phi) is 3.17. The van der Waals surface area contributed by atoms with Gasteiger partial charge in [-0.25, -0.2) is 9.97 Å². The van der Waals surface area contributed by atoms with Crippen molar-refractivity contribution >= 4 is 29.2 Å². The average molecular weight is 270 g/mol. The molecule has 0 bridgehead atoms. The molecule has 0 aromatic carbocycles. The summed E-state index contributed by atoms with van der Waals surface area (Å²) in [6, 6.07) is 2.60. The third-order valence-corrected chi connectivity index (χ3v) is 4.02. The van der Waals surface area contributed by atoms with Crippen LogP contribution in [0.15, 0.2) is 11.2 Å². The molecule has 2 aliphatic carbocycles. The number of thioether (sulfide) groups is 1. The summed E-state index contributed by atoms with van der Waals surface area (Å²) in [7, 11) is 0. The summed E-state index contributed by atoms with van der Waals surface area (Å²) in [5.74, 6) is 1.89. The van der Waals surface area contributed by atoms with Crippen molar-refractivity contribution < 1.29 is 0 Å². The Morgan fingerprint density at radius 3 is 2.71 bits per heavy atom. The van der Waals surface area contributed by atoms with E-state index < -0.39 is 0 Å². The molecule has 1 aromatic heterocycles. The fourth-order valence-corrected chi connectivity index (χ4v) is 2.62. The van der Waals surface area contributed by atoms with Gasteiger partial charge in [-0.05, 0) is 37.9 Å². The van der Waals surface area contributed by atoms with E-state index in [9.17, 15) is 0 Å². The summed E-state index contributed by atoms with van der Waals surface area (Å²) in [5.41, 5.74) is 0. The lowest BCUT2D eigenvalue weighted by molar-refractivity contribution is 0.701. The molecular formula is C12H16ClN3S. The molecule has 1 heterocycles. The predicted octanol–water partition coefficient (Wildman–Crippen LogP) is 3.23. The first-order valence-corrected chi connectivity index (χ1v) is 7.72. The molecule has 0 aliphatic heterocycles. The first-order chi connectivity index (χ1) is 8.26. The van der Waals surface area contributed by atoms with Gasteiger partial charge in [0.05, 0.1) is 0 Å². The monoisotopic (exact) mass is 269 g/mol. The highest BCUT2D eigenvalue weighted by atomic mass is 35.5. The van der Waals surface area contributed by atoms with E-state index >= 15 is 0 Å². The zero-order chi connectivity index (χ0) is 11.8. The van der Waals surface area contributed by atoms with Gasteiger partial charge in [0.2, 0.25) is 0 Å². The minimum atomic E-state index is 0.556. The Morgan fingerprint density at radius 2 is 2.12 bits per heavy atom. The van der Waals surface area contributed by atoms with Crippen LogP contribution in [0.5, 0.6) is 0 Å². The molecule has 0 saturated heterocycles. The number of halogens is 1. The minimum absolute atomic E-state index is 0.556. The van der Waals surface area contributed by atoms with Crippen LogP contribution in [0.4, 0.5) is 5.82 Å². The molecule has 2 fully saturated rings. The Labute approximate surface area is 111 Å². The van der Waals surface area contributed by atoms with E-state index in [0.29, 0.717) is 11.2 Å². The molecule has 5 heteroatoms. The number of rotatable bonds is 5. The third-order valence-electron chi connectivity index (χ3n) is 3.28. The predicted molar refractivity (Wildman–Crippen MR) is 71.9 cm³/mol. The van der Waals surface area contributed by atoms with E-state index in [2.05, 4.69) is 14.9 Å². The second-order valence-corrected chi connectivity index (χ2v) is 6.02. The smallest absolute Gasteiger partial charge is 0.190 e. The van der Waals surface area contributed by atoms with E-state index in [0.717, 1.165) is 23.4 Å². The molecule has 1 aromatic rings. The van der Waals surface area contributed by atoms with E-state index in [1.54, 1.807) is 11.8 Å². The van der Waals surface area contributed by atoms with Crippen LogP contribution in [-0.4, -0.2) is 28.8 Å². The van der Waals surface area contributed by atoms with Crippen molar-refractivity contribution in [2.45, 2.75) is 36.9 Å². The SMILES string of the molecule is CSc1nc(Cl)cc(N(CC2CC2)C2CC2)n1. The topological polar surface area (TPSA) is 29.0 Å². The molecule has 0 amide bonds. The van der Waals surface area contributed by atoms with Crippen LogP contribution in [0, 0.1) is 5.92 Å². The Hall–Kier alpha value is -0.480. The van der Waals surface area contributed by atoms with Crippen LogP contribution in [0.25, 0.3) is 0 Å². The third kappa shape index (κ3) is 2.86. The molecule has 0 unspecified atom stereocenters. The quantitative estimate of drug-likeness (QED) is 0.466. The molecule has 2 aliphatic rings. The number of hydrogen-bond donors (Lipinski definition) is 0. The van der Waals surface area contributed by atoms with Crippen LogP contribution in [0.1, 0.15) is 25.7 Å². The molecule has 0 N–H and O–H groups in total. The highest BCUT2D eigenvalue weighted by Crippen LogP contribution is 2.37. The van der Waals surface area contributed by atoms with Gasteiger partial charge in [-0.15, -0.1) is 0 Å². The van der Waals surface area contributed by atoms with Gasteiger partial charge in [-0.2, -0.15) is 0 Å². The average Bonchev–Trinajstić information content (AvgIpc) is 3.16. The van der Waals surface area contributed by atoms with Crippen LogP contribution < -0.4 is 4.90 Å². The lowest BCUT2D eigenvalue weighted by Gasteiger charge is -2.23. The zero-order valence-electron chi connectivity index (χ0n) is 9.90. The molecule has 0 spiro atoms. The molecule has 17 heavy (non-hydrogen) atoms. The first-order valence-electron chi connectivity index (χ1n) is 6.11. The number of aromatic nitrogens is 2. The molecular weight excluding hydrogens is 254 g/mol. The maximum absolute atomic E-state index is 6.06. The maximum Gasteiger partial charge on any atom is 0.190 e. The van der Waals surface area contributed by atoms with Crippen LogP contribution >= 0.6 is 23.4 Å². The Morgan fingerprint density at radius 1 is 1.35 bits per heavy atom. The molecule has 92 valence electrons. The number of nitrogens with zero attached hydrogens (tertiary/aromatic N) is 3. The summed E-state index contributed by atoms with van der Waals surface area (Å²) >= 11 is 7.61. The molecule has 0 atom stereocenters. The highest BCUT2D eigenvalue weighted by molar-refractivity contribution is 7.98. The van der Waals surface area contributed by atoms with Gasteiger partial charge in [-0.1, -0.05) is 23.4 Å². The van der Waals surface area contributed by atoms with Crippen molar-refractivity contribution in [3.05, 3.63) is 11.2 Å². The molecule has 2 saturated carbocycles. The van der Waals surface area contributed by atoms with Gasteiger partial charge in [0.25, 0.3) is 0 Å². The minimum Gasteiger partial charge on any atom is -0.353 e. The van der Waals surface area contributed by atoms with E-state index in [-0.39, 0.29) is 0 Å². The molecule has 3 nitrogen and oxygen atoms in total.